The van der Waals surface area contributed by atoms with E-state index in [9.17, 15) is 4.79 Å². The average molecular weight is 270 g/mol. The van der Waals surface area contributed by atoms with Gasteiger partial charge in [0.1, 0.15) is 24.0 Å². The van der Waals surface area contributed by atoms with Crippen LogP contribution in [0.25, 0.3) is 6.08 Å². The zero-order valence-corrected chi connectivity index (χ0v) is 11.7. The summed E-state index contributed by atoms with van der Waals surface area (Å²) >= 11 is 0. The van der Waals surface area contributed by atoms with Crippen LogP contribution < -0.4 is 10.1 Å². The topological polar surface area (TPSA) is 62.1 Å². The lowest BCUT2D eigenvalue weighted by Crippen LogP contribution is -2.30. The highest BCUT2D eigenvalue weighted by atomic mass is 16.5. The predicted molar refractivity (Wildman–Crippen MR) is 79.0 cm³/mol. The minimum Gasteiger partial charge on any atom is -0.490 e. The second-order valence-corrected chi connectivity index (χ2v) is 4.47. The van der Waals surface area contributed by atoms with Gasteiger partial charge in [0.05, 0.1) is 0 Å². The number of benzene rings is 1. The summed E-state index contributed by atoms with van der Waals surface area (Å²) in [6, 6.07) is 9.05. The van der Waals surface area contributed by atoms with Crippen molar-refractivity contribution in [2.24, 2.45) is 0 Å². The third kappa shape index (κ3) is 4.99. The summed E-state index contributed by atoms with van der Waals surface area (Å²) in [5, 5.41) is 11.7. The first-order valence-electron chi connectivity index (χ1n) is 6.33. The van der Waals surface area contributed by atoms with Crippen LogP contribution in [0.15, 0.2) is 42.5 Å². The molecule has 0 aliphatic rings. The van der Waals surface area contributed by atoms with Gasteiger partial charge >= 0.3 is 0 Å². The monoisotopic (exact) mass is 270 g/mol. The van der Waals surface area contributed by atoms with Crippen LogP contribution >= 0.6 is 0 Å². The highest BCUT2D eigenvalue weighted by Crippen LogP contribution is 2.14. The molecule has 104 valence electrons. The van der Waals surface area contributed by atoms with Crippen molar-refractivity contribution < 1.29 is 9.53 Å². The molecule has 0 aliphatic heterocycles. The standard InChI is InChI=1S/C16H18N2O2/c1-4-9-20-15-7-5-13(6-8-15)10-14(11-17)16(19)18-12(2)3/h4-8,10,12H,1,9H2,2-3H3,(H,18,19)/b14-10-. The lowest BCUT2D eigenvalue weighted by Gasteiger charge is -2.07. The molecule has 1 aromatic carbocycles. The van der Waals surface area contributed by atoms with Crippen LogP contribution in [0, 0.1) is 11.3 Å². The first-order chi connectivity index (χ1) is 9.56. The van der Waals surface area contributed by atoms with E-state index < -0.39 is 0 Å². The second kappa shape index (κ2) is 7.80. The number of ether oxygens (including phenoxy) is 1. The number of hydrogen-bond acceptors (Lipinski definition) is 3. The quantitative estimate of drug-likeness (QED) is 0.491. The Bertz CT molecular complexity index is 537. The van der Waals surface area contributed by atoms with E-state index in [4.69, 9.17) is 10.00 Å². The molecule has 0 atom stereocenters. The van der Waals surface area contributed by atoms with Crippen molar-refractivity contribution in [3.63, 3.8) is 0 Å². The molecule has 0 aliphatic carbocycles. The molecule has 0 unspecified atom stereocenters. The molecule has 20 heavy (non-hydrogen) atoms. The summed E-state index contributed by atoms with van der Waals surface area (Å²) in [5.74, 6) is 0.349. The fraction of sp³-hybridized carbons (Fsp3) is 0.250. The van der Waals surface area contributed by atoms with Crippen LogP contribution in [0.3, 0.4) is 0 Å². The Morgan fingerprint density at radius 2 is 2.10 bits per heavy atom. The zero-order chi connectivity index (χ0) is 15.0. The number of amides is 1. The molecule has 1 N–H and O–H groups in total. The van der Waals surface area contributed by atoms with E-state index >= 15 is 0 Å². The van der Waals surface area contributed by atoms with Gasteiger partial charge in [-0.15, -0.1) is 0 Å². The molecule has 0 saturated heterocycles. The summed E-state index contributed by atoms with van der Waals surface area (Å²) in [6.07, 6.45) is 3.22. The smallest absolute Gasteiger partial charge is 0.262 e. The first kappa shape index (κ1) is 15.5. The Hall–Kier alpha value is -2.54. The number of nitrogens with zero attached hydrogens (tertiary/aromatic N) is 1. The van der Waals surface area contributed by atoms with E-state index in [1.807, 2.05) is 19.9 Å². The van der Waals surface area contributed by atoms with E-state index in [0.717, 1.165) is 5.56 Å². The van der Waals surface area contributed by atoms with Crippen molar-refractivity contribution in [3.05, 3.63) is 48.1 Å². The van der Waals surface area contributed by atoms with Crippen LogP contribution in [0.2, 0.25) is 0 Å². The summed E-state index contributed by atoms with van der Waals surface area (Å²) in [6.45, 7) is 7.70. The van der Waals surface area contributed by atoms with Crippen molar-refractivity contribution >= 4 is 12.0 Å². The Morgan fingerprint density at radius 3 is 2.60 bits per heavy atom. The van der Waals surface area contributed by atoms with Crippen LogP contribution in [0.5, 0.6) is 5.75 Å². The summed E-state index contributed by atoms with van der Waals surface area (Å²) in [7, 11) is 0. The van der Waals surface area contributed by atoms with Gasteiger partial charge in [-0.2, -0.15) is 5.26 Å². The van der Waals surface area contributed by atoms with E-state index in [1.54, 1.807) is 36.4 Å². The highest BCUT2D eigenvalue weighted by molar-refractivity contribution is 6.01. The van der Waals surface area contributed by atoms with E-state index in [1.165, 1.54) is 0 Å². The van der Waals surface area contributed by atoms with Gasteiger partial charge in [0.25, 0.3) is 5.91 Å². The Kier molecular flexibility index (Phi) is 6.05. The molecule has 0 bridgehead atoms. The number of nitriles is 1. The van der Waals surface area contributed by atoms with Gasteiger partial charge in [0, 0.05) is 6.04 Å². The molecular formula is C16H18N2O2. The van der Waals surface area contributed by atoms with Crippen LogP contribution in [-0.2, 0) is 4.79 Å². The zero-order valence-electron chi connectivity index (χ0n) is 11.7. The molecule has 0 aromatic heterocycles. The molecule has 1 rings (SSSR count). The Morgan fingerprint density at radius 1 is 1.45 bits per heavy atom. The van der Waals surface area contributed by atoms with Crippen LogP contribution in [0.4, 0.5) is 0 Å². The van der Waals surface area contributed by atoms with Gasteiger partial charge in [-0.1, -0.05) is 24.8 Å². The van der Waals surface area contributed by atoms with Crippen LogP contribution in [0.1, 0.15) is 19.4 Å². The molecule has 0 saturated carbocycles. The van der Waals surface area contributed by atoms with Crippen molar-refractivity contribution in [2.45, 2.75) is 19.9 Å². The molecule has 0 fully saturated rings. The first-order valence-corrected chi connectivity index (χ1v) is 6.33. The van der Waals surface area contributed by atoms with Gasteiger partial charge in [-0.25, -0.2) is 0 Å². The van der Waals surface area contributed by atoms with Gasteiger partial charge in [0.15, 0.2) is 0 Å². The van der Waals surface area contributed by atoms with E-state index in [2.05, 4.69) is 11.9 Å². The fourth-order valence-corrected chi connectivity index (χ4v) is 1.47. The Balaban J connectivity index is 2.83. The average Bonchev–Trinajstić information content (AvgIpc) is 2.42. The molecule has 4 heteroatoms. The minimum atomic E-state index is -0.366. The largest absolute Gasteiger partial charge is 0.490 e. The molecule has 0 heterocycles. The Labute approximate surface area is 119 Å². The lowest BCUT2D eigenvalue weighted by atomic mass is 10.1. The van der Waals surface area contributed by atoms with Gasteiger partial charge in [0.2, 0.25) is 0 Å². The molecule has 1 amide bonds. The number of carbonyl (C=O) groups excluding carboxylic acids is 1. The maximum absolute atomic E-state index is 11.8. The lowest BCUT2D eigenvalue weighted by molar-refractivity contribution is -0.117. The third-order valence-corrected chi connectivity index (χ3v) is 2.34. The molecule has 0 spiro atoms. The van der Waals surface area contributed by atoms with Crippen molar-refractivity contribution in [1.29, 1.82) is 5.26 Å². The third-order valence-electron chi connectivity index (χ3n) is 2.34. The molecule has 0 radical (unpaired) electrons. The van der Waals surface area contributed by atoms with Gasteiger partial charge in [-0.3, -0.25) is 4.79 Å². The highest BCUT2D eigenvalue weighted by Gasteiger charge is 2.09. The van der Waals surface area contributed by atoms with Gasteiger partial charge < -0.3 is 10.1 Å². The van der Waals surface area contributed by atoms with Gasteiger partial charge in [-0.05, 0) is 37.6 Å². The fourth-order valence-electron chi connectivity index (χ4n) is 1.47. The maximum atomic E-state index is 11.8. The number of carbonyl (C=O) groups is 1. The SMILES string of the molecule is C=CCOc1ccc(/C=C(/C#N)C(=O)NC(C)C)cc1. The maximum Gasteiger partial charge on any atom is 0.262 e. The number of hydrogen-bond donors (Lipinski definition) is 1. The van der Waals surface area contributed by atoms with Crippen LogP contribution in [-0.4, -0.2) is 18.6 Å². The van der Waals surface area contributed by atoms with Crippen molar-refractivity contribution in [3.8, 4) is 11.8 Å². The molecule has 1 aromatic rings. The molecule has 4 nitrogen and oxygen atoms in total. The minimum absolute atomic E-state index is 0.00562. The number of rotatable bonds is 6. The summed E-state index contributed by atoms with van der Waals surface area (Å²) in [4.78, 5) is 11.8. The summed E-state index contributed by atoms with van der Waals surface area (Å²) < 4.78 is 5.36. The predicted octanol–water partition coefficient (Wildman–Crippen LogP) is 2.68. The summed E-state index contributed by atoms with van der Waals surface area (Å²) in [5.41, 5.74) is 0.852. The van der Waals surface area contributed by atoms with Crippen molar-refractivity contribution in [1.82, 2.24) is 5.32 Å². The van der Waals surface area contributed by atoms with E-state index in [-0.39, 0.29) is 17.5 Å². The van der Waals surface area contributed by atoms with E-state index in [0.29, 0.717) is 12.4 Å². The second-order valence-electron chi connectivity index (χ2n) is 4.47. The molecular weight excluding hydrogens is 252 g/mol. The number of nitrogens with one attached hydrogen (secondary N) is 1. The normalized spacial score (nSPS) is 10.8. The van der Waals surface area contributed by atoms with Crippen molar-refractivity contribution in [2.75, 3.05) is 6.61 Å².